The Morgan fingerprint density at radius 1 is 0.821 bits per heavy atom. The van der Waals surface area contributed by atoms with E-state index in [1.165, 1.54) is 33.5 Å². The SMILES string of the molecule is COc1ccc(CNC(=O)CNC(=O)c2cc(OC)c(OC)c(OC)c2)cc1. The number of rotatable bonds is 9. The summed E-state index contributed by atoms with van der Waals surface area (Å²) in [7, 11) is 6.00. The van der Waals surface area contributed by atoms with Gasteiger partial charge in [-0.25, -0.2) is 0 Å². The average molecular weight is 388 g/mol. The van der Waals surface area contributed by atoms with Gasteiger partial charge in [-0.05, 0) is 29.8 Å². The van der Waals surface area contributed by atoms with E-state index in [4.69, 9.17) is 18.9 Å². The van der Waals surface area contributed by atoms with Gasteiger partial charge in [0, 0.05) is 12.1 Å². The van der Waals surface area contributed by atoms with E-state index in [0.29, 0.717) is 23.8 Å². The molecule has 0 aliphatic rings. The van der Waals surface area contributed by atoms with Crippen LogP contribution >= 0.6 is 0 Å². The molecule has 2 amide bonds. The van der Waals surface area contributed by atoms with Gasteiger partial charge in [0.25, 0.3) is 5.91 Å². The molecule has 0 spiro atoms. The van der Waals surface area contributed by atoms with E-state index < -0.39 is 5.91 Å². The van der Waals surface area contributed by atoms with Crippen molar-refractivity contribution in [1.29, 1.82) is 0 Å². The van der Waals surface area contributed by atoms with Crippen molar-refractivity contribution < 1.29 is 28.5 Å². The van der Waals surface area contributed by atoms with Gasteiger partial charge in [0.05, 0.1) is 35.0 Å². The highest BCUT2D eigenvalue weighted by Crippen LogP contribution is 2.38. The molecule has 0 heterocycles. The first-order chi connectivity index (χ1) is 13.5. The van der Waals surface area contributed by atoms with Crippen LogP contribution in [-0.4, -0.2) is 46.8 Å². The third-order valence-corrected chi connectivity index (χ3v) is 3.99. The van der Waals surface area contributed by atoms with Crippen LogP contribution in [0.2, 0.25) is 0 Å². The molecule has 150 valence electrons. The van der Waals surface area contributed by atoms with Crippen LogP contribution in [0.15, 0.2) is 36.4 Å². The topological polar surface area (TPSA) is 95.1 Å². The van der Waals surface area contributed by atoms with Crippen molar-refractivity contribution in [1.82, 2.24) is 10.6 Å². The molecule has 0 fully saturated rings. The maximum Gasteiger partial charge on any atom is 0.251 e. The number of ether oxygens (including phenoxy) is 4. The zero-order valence-electron chi connectivity index (χ0n) is 16.3. The summed E-state index contributed by atoms with van der Waals surface area (Å²) in [6, 6.07) is 10.4. The minimum atomic E-state index is -0.432. The molecule has 2 aromatic rings. The molecule has 28 heavy (non-hydrogen) atoms. The largest absolute Gasteiger partial charge is 0.497 e. The number of hydrogen-bond acceptors (Lipinski definition) is 6. The van der Waals surface area contributed by atoms with Gasteiger partial charge in [-0.15, -0.1) is 0 Å². The lowest BCUT2D eigenvalue weighted by molar-refractivity contribution is -0.120. The second kappa shape index (κ2) is 10.1. The second-order valence-corrected chi connectivity index (χ2v) is 5.72. The summed E-state index contributed by atoms with van der Waals surface area (Å²) in [6.45, 7) is 0.189. The summed E-state index contributed by atoms with van der Waals surface area (Å²) in [5, 5.41) is 5.31. The van der Waals surface area contributed by atoms with Gasteiger partial charge in [-0.2, -0.15) is 0 Å². The first-order valence-corrected chi connectivity index (χ1v) is 8.50. The summed E-state index contributed by atoms with van der Waals surface area (Å²) >= 11 is 0. The van der Waals surface area contributed by atoms with Gasteiger partial charge in [0.15, 0.2) is 11.5 Å². The van der Waals surface area contributed by atoms with E-state index in [9.17, 15) is 9.59 Å². The number of carbonyl (C=O) groups excluding carboxylic acids is 2. The number of carbonyl (C=O) groups is 2. The van der Waals surface area contributed by atoms with E-state index in [1.807, 2.05) is 24.3 Å². The number of amides is 2. The van der Waals surface area contributed by atoms with Gasteiger partial charge in [0.2, 0.25) is 11.7 Å². The molecule has 0 aromatic heterocycles. The summed E-state index contributed by atoms with van der Waals surface area (Å²) in [5.41, 5.74) is 1.21. The van der Waals surface area contributed by atoms with Crippen molar-refractivity contribution in [3.8, 4) is 23.0 Å². The predicted molar refractivity (Wildman–Crippen MR) is 103 cm³/mol. The minimum Gasteiger partial charge on any atom is -0.497 e. The van der Waals surface area contributed by atoms with Crippen LogP contribution in [0.3, 0.4) is 0 Å². The van der Waals surface area contributed by atoms with Crippen LogP contribution in [0.1, 0.15) is 15.9 Å². The van der Waals surface area contributed by atoms with Crippen molar-refractivity contribution in [3.63, 3.8) is 0 Å². The summed E-state index contributed by atoms with van der Waals surface area (Å²) in [5.74, 6) is 1.11. The molecule has 0 bridgehead atoms. The number of benzene rings is 2. The van der Waals surface area contributed by atoms with Crippen LogP contribution in [0, 0.1) is 0 Å². The Balaban J connectivity index is 1.92. The summed E-state index contributed by atoms with van der Waals surface area (Å²) in [6.07, 6.45) is 0. The van der Waals surface area contributed by atoms with E-state index >= 15 is 0 Å². The van der Waals surface area contributed by atoms with Gasteiger partial charge >= 0.3 is 0 Å². The Labute approximate surface area is 163 Å². The fraction of sp³-hybridized carbons (Fsp3) is 0.300. The van der Waals surface area contributed by atoms with Crippen molar-refractivity contribution in [2.75, 3.05) is 35.0 Å². The Morgan fingerprint density at radius 2 is 1.43 bits per heavy atom. The third-order valence-electron chi connectivity index (χ3n) is 3.99. The normalized spacial score (nSPS) is 10.0. The van der Waals surface area contributed by atoms with Crippen molar-refractivity contribution in [2.24, 2.45) is 0 Å². The predicted octanol–water partition coefficient (Wildman–Crippen LogP) is 1.77. The van der Waals surface area contributed by atoms with Gasteiger partial charge in [-0.3, -0.25) is 9.59 Å². The number of hydrogen-bond donors (Lipinski definition) is 2. The maximum atomic E-state index is 12.4. The molecule has 2 rings (SSSR count). The fourth-order valence-electron chi connectivity index (χ4n) is 2.48. The molecule has 0 unspecified atom stereocenters. The first-order valence-electron chi connectivity index (χ1n) is 8.50. The standard InChI is InChI=1S/C20H24N2O6/c1-25-15-7-5-13(6-8-15)11-21-18(23)12-22-20(24)14-9-16(26-2)19(28-4)17(10-14)27-3/h5-10H,11-12H2,1-4H3,(H,21,23)(H,22,24). The van der Waals surface area contributed by atoms with E-state index in [0.717, 1.165) is 11.3 Å². The summed E-state index contributed by atoms with van der Waals surface area (Å²) in [4.78, 5) is 24.4. The Hall–Kier alpha value is -3.42. The molecule has 0 aliphatic carbocycles. The van der Waals surface area contributed by atoms with Crippen LogP contribution in [0.4, 0.5) is 0 Å². The molecule has 8 heteroatoms. The molecule has 0 saturated carbocycles. The third kappa shape index (κ3) is 5.29. The second-order valence-electron chi connectivity index (χ2n) is 5.72. The van der Waals surface area contributed by atoms with Crippen molar-refractivity contribution in [2.45, 2.75) is 6.54 Å². The molecule has 0 saturated heterocycles. The van der Waals surface area contributed by atoms with Crippen LogP contribution in [-0.2, 0) is 11.3 Å². The molecule has 2 N–H and O–H groups in total. The zero-order valence-corrected chi connectivity index (χ0v) is 16.3. The van der Waals surface area contributed by atoms with E-state index in [-0.39, 0.29) is 18.0 Å². The number of methoxy groups -OCH3 is 4. The molecular formula is C20H24N2O6. The van der Waals surface area contributed by atoms with Gasteiger partial charge in [0.1, 0.15) is 5.75 Å². The Morgan fingerprint density at radius 3 is 1.93 bits per heavy atom. The fourth-order valence-corrected chi connectivity index (χ4v) is 2.48. The molecule has 0 radical (unpaired) electrons. The minimum absolute atomic E-state index is 0.161. The van der Waals surface area contributed by atoms with Crippen LogP contribution in [0.5, 0.6) is 23.0 Å². The zero-order chi connectivity index (χ0) is 20.5. The Kier molecular flexibility index (Phi) is 7.50. The lowest BCUT2D eigenvalue weighted by atomic mass is 10.1. The first kappa shape index (κ1) is 20.9. The molecule has 0 atom stereocenters. The van der Waals surface area contributed by atoms with Crippen molar-refractivity contribution >= 4 is 11.8 Å². The van der Waals surface area contributed by atoms with E-state index in [1.54, 1.807) is 7.11 Å². The van der Waals surface area contributed by atoms with Crippen LogP contribution < -0.4 is 29.6 Å². The van der Waals surface area contributed by atoms with Crippen LogP contribution in [0.25, 0.3) is 0 Å². The molecular weight excluding hydrogens is 364 g/mol. The highest BCUT2D eigenvalue weighted by Gasteiger charge is 2.17. The highest BCUT2D eigenvalue weighted by atomic mass is 16.5. The lowest BCUT2D eigenvalue weighted by Crippen LogP contribution is -2.36. The number of nitrogens with one attached hydrogen (secondary N) is 2. The Bertz CT molecular complexity index is 795. The molecule has 0 aliphatic heterocycles. The lowest BCUT2D eigenvalue weighted by Gasteiger charge is -2.14. The maximum absolute atomic E-state index is 12.4. The smallest absolute Gasteiger partial charge is 0.251 e. The quantitative estimate of drug-likeness (QED) is 0.680. The average Bonchev–Trinajstić information content (AvgIpc) is 2.74. The van der Waals surface area contributed by atoms with Crippen molar-refractivity contribution in [3.05, 3.63) is 47.5 Å². The summed E-state index contributed by atoms with van der Waals surface area (Å²) < 4.78 is 20.8. The monoisotopic (exact) mass is 388 g/mol. The van der Waals surface area contributed by atoms with Gasteiger partial charge < -0.3 is 29.6 Å². The van der Waals surface area contributed by atoms with Gasteiger partial charge in [-0.1, -0.05) is 12.1 Å². The highest BCUT2D eigenvalue weighted by molar-refractivity contribution is 5.97. The molecule has 8 nitrogen and oxygen atoms in total. The molecule has 2 aromatic carbocycles. The van der Waals surface area contributed by atoms with E-state index in [2.05, 4.69) is 10.6 Å².